The van der Waals surface area contributed by atoms with Gasteiger partial charge in [0.2, 0.25) is 0 Å². The minimum atomic E-state index is -4.39. The van der Waals surface area contributed by atoms with E-state index in [1.165, 1.54) is 231 Å². The fourth-order valence-electron chi connectivity index (χ4n) is 10.1. The van der Waals surface area contributed by atoms with Gasteiger partial charge in [-0.1, -0.05) is 317 Å². The first-order valence-electron chi connectivity index (χ1n) is 35.1. The number of allylic oxidation sites excluding steroid dienone is 14. The Morgan fingerprint density at radius 3 is 0.988 bits per heavy atom. The van der Waals surface area contributed by atoms with Crippen molar-refractivity contribution in [1.82, 2.24) is 0 Å². The van der Waals surface area contributed by atoms with Crippen LogP contribution in [0.1, 0.15) is 335 Å². The Bertz CT molecular complexity index is 1640. The number of ether oxygens (including phenoxy) is 2. The van der Waals surface area contributed by atoms with E-state index in [9.17, 15) is 19.0 Å². The number of carbonyl (C=O) groups is 2. The van der Waals surface area contributed by atoms with Crippen molar-refractivity contribution >= 4 is 19.8 Å². The van der Waals surface area contributed by atoms with E-state index in [-0.39, 0.29) is 38.6 Å². The average molecular weight is 1180 g/mol. The fourth-order valence-corrected chi connectivity index (χ4v) is 10.9. The molecule has 0 saturated carbocycles. The minimum absolute atomic E-state index is 0.0526. The highest BCUT2D eigenvalue weighted by Crippen LogP contribution is 2.43. The molecular weight excluding hydrogens is 1050 g/mol. The van der Waals surface area contributed by atoms with Gasteiger partial charge in [0, 0.05) is 19.4 Å². The number of carbonyl (C=O) groups excluding carboxylic acids is 2. The molecule has 9 nitrogen and oxygen atoms in total. The Kier molecular flexibility index (Phi) is 66.0. The SMILES string of the molecule is CC/C=C\C/C=C\C/C=C\C/C=C\C/C=C\CCCCCCCCCCCCCCCCCCCCCCCCCCCC(=O)OC(COC(=O)CCCCCCCCCCC/C=C\C/C=C\CCCCCCC)COP(=O)(O)OCCN. The molecule has 0 fully saturated rings. The third-order valence-corrected chi connectivity index (χ3v) is 16.2. The van der Waals surface area contributed by atoms with Gasteiger partial charge in [-0.15, -0.1) is 0 Å². The summed E-state index contributed by atoms with van der Waals surface area (Å²) in [5.41, 5.74) is 5.40. The Morgan fingerprint density at radius 2 is 0.663 bits per heavy atom. The lowest BCUT2D eigenvalue weighted by atomic mass is 10.0. The number of nitrogens with two attached hydrogens (primary N) is 1. The summed E-state index contributed by atoms with van der Waals surface area (Å²) in [6, 6.07) is 0. The van der Waals surface area contributed by atoms with Crippen LogP contribution in [0.2, 0.25) is 0 Å². The van der Waals surface area contributed by atoms with E-state index in [0.717, 1.165) is 70.6 Å². The zero-order valence-electron chi connectivity index (χ0n) is 54.2. The van der Waals surface area contributed by atoms with Gasteiger partial charge in [0.25, 0.3) is 0 Å². The first kappa shape index (κ1) is 80.2. The van der Waals surface area contributed by atoms with Crippen LogP contribution >= 0.6 is 7.82 Å². The summed E-state index contributed by atoms with van der Waals surface area (Å²) in [6.45, 7) is 3.66. The zero-order chi connectivity index (χ0) is 60.1. The largest absolute Gasteiger partial charge is 0.472 e. The van der Waals surface area contributed by atoms with Crippen LogP contribution in [0.4, 0.5) is 0 Å². The van der Waals surface area contributed by atoms with E-state index in [0.29, 0.717) is 6.42 Å². The van der Waals surface area contributed by atoms with Crippen molar-refractivity contribution in [3.63, 3.8) is 0 Å². The first-order valence-corrected chi connectivity index (χ1v) is 36.6. The second-order valence-electron chi connectivity index (χ2n) is 23.4. The van der Waals surface area contributed by atoms with Crippen molar-refractivity contribution in [2.24, 2.45) is 5.73 Å². The molecule has 482 valence electrons. The second kappa shape index (κ2) is 68.3. The molecule has 0 amide bonds. The zero-order valence-corrected chi connectivity index (χ0v) is 55.1. The predicted octanol–water partition coefficient (Wildman–Crippen LogP) is 23.0. The molecule has 0 heterocycles. The standard InChI is InChI=1S/C73H132NO8P/c1-3-5-7-9-11-13-15-17-19-21-23-25-26-27-28-29-30-31-32-33-34-35-36-37-38-39-40-41-42-43-44-46-48-50-52-54-56-58-60-62-64-66-73(76)82-71(70-81-83(77,78)80-68-67-74)69-79-72(75)65-63-61-59-57-55-53-51-49-47-45-24-22-20-18-16-14-12-10-8-6-4-2/h5,7,11,13,16-19,22-25,27-28,71H,3-4,6,8-10,12,14-15,20-21,26,29-70,74H2,1-2H3,(H,77,78)/b7-5-,13-11-,18-16-,19-17-,24-22-,25-23-,28-27-. The van der Waals surface area contributed by atoms with Crippen molar-refractivity contribution in [3.05, 3.63) is 85.1 Å². The summed E-state index contributed by atoms with van der Waals surface area (Å²) in [6.07, 6.45) is 91.2. The average Bonchev–Trinajstić information content (AvgIpc) is 3.49. The highest BCUT2D eigenvalue weighted by Gasteiger charge is 2.26. The molecule has 0 aliphatic carbocycles. The lowest BCUT2D eigenvalue weighted by Crippen LogP contribution is -2.29. The van der Waals surface area contributed by atoms with Gasteiger partial charge in [0.15, 0.2) is 6.10 Å². The highest BCUT2D eigenvalue weighted by molar-refractivity contribution is 7.47. The molecule has 0 spiro atoms. The number of phosphoric acid groups is 1. The summed E-state index contributed by atoms with van der Waals surface area (Å²) in [7, 11) is -4.39. The molecule has 0 aromatic heterocycles. The van der Waals surface area contributed by atoms with Crippen molar-refractivity contribution < 1.29 is 37.6 Å². The van der Waals surface area contributed by atoms with Crippen LogP contribution in [-0.4, -0.2) is 49.3 Å². The molecular formula is C73H132NO8P. The molecule has 2 unspecified atom stereocenters. The van der Waals surface area contributed by atoms with Crippen LogP contribution in [0, 0.1) is 0 Å². The van der Waals surface area contributed by atoms with Crippen LogP contribution in [0.3, 0.4) is 0 Å². The topological polar surface area (TPSA) is 134 Å². The maximum atomic E-state index is 12.8. The molecule has 0 saturated heterocycles. The van der Waals surface area contributed by atoms with Crippen LogP contribution in [0.15, 0.2) is 85.1 Å². The van der Waals surface area contributed by atoms with Crippen LogP contribution in [0.25, 0.3) is 0 Å². The maximum absolute atomic E-state index is 12.8. The molecule has 0 aromatic carbocycles. The van der Waals surface area contributed by atoms with Gasteiger partial charge < -0.3 is 20.1 Å². The Balaban J connectivity index is 3.79. The van der Waals surface area contributed by atoms with Gasteiger partial charge in [0.1, 0.15) is 6.61 Å². The molecule has 10 heteroatoms. The van der Waals surface area contributed by atoms with Gasteiger partial charge in [0.05, 0.1) is 13.2 Å². The van der Waals surface area contributed by atoms with E-state index in [2.05, 4.69) is 98.9 Å². The van der Waals surface area contributed by atoms with Crippen LogP contribution < -0.4 is 5.73 Å². The quantitative estimate of drug-likeness (QED) is 0.0264. The molecule has 0 aromatic rings. The number of phosphoric ester groups is 1. The van der Waals surface area contributed by atoms with E-state index in [4.69, 9.17) is 24.3 Å². The Morgan fingerprint density at radius 1 is 0.373 bits per heavy atom. The lowest BCUT2D eigenvalue weighted by Gasteiger charge is -2.19. The predicted molar refractivity (Wildman–Crippen MR) is 358 cm³/mol. The van der Waals surface area contributed by atoms with E-state index < -0.39 is 26.5 Å². The van der Waals surface area contributed by atoms with Crippen molar-refractivity contribution in [1.29, 1.82) is 0 Å². The Hall–Kier alpha value is -2.81. The van der Waals surface area contributed by atoms with Gasteiger partial charge in [-0.05, 0) is 89.9 Å². The third kappa shape index (κ3) is 68.2. The summed E-state index contributed by atoms with van der Waals surface area (Å²) >= 11 is 0. The first-order chi connectivity index (χ1) is 40.8. The maximum Gasteiger partial charge on any atom is 0.472 e. The van der Waals surface area contributed by atoms with Crippen LogP contribution in [0.5, 0.6) is 0 Å². The molecule has 0 aliphatic rings. The monoisotopic (exact) mass is 1180 g/mol. The molecule has 0 bridgehead atoms. The minimum Gasteiger partial charge on any atom is -0.462 e. The van der Waals surface area contributed by atoms with E-state index >= 15 is 0 Å². The highest BCUT2D eigenvalue weighted by atomic mass is 31.2. The molecule has 0 aliphatic heterocycles. The molecule has 3 N–H and O–H groups in total. The van der Waals surface area contributed by atoms with Crippen LogP contribution in [-0.2, 0) is 32.7 Å². The third-order valence-electron chi connectivity index (χ3n) is 15.3. The van der Waals surface area contributed by atoms with E-state index in [1.54, 1.807) is 0 Å². The summed E-state index contributed by atoms with van der Waals surface area (Å²) < 4.78 is 33.2. The van der Waals surface area contributed by atoms with Crippen molar-refractivity contribution in [2.75, 3.05) is 26.4 Å². The number of hydrogen-bond donors (Lipinski definition) is 2. The smallest absolute Gasteiger partial charge is 0.462 e. The number of rotatable bonds is 66. The van der Waals surface area contributed by atoms with Crippen molar-refractivity contribution in [2.45, 2.75) is 341 Å². The number of unbranched alkanes of at least 4 members (excludes halogenated alkanes) is 39. The molecule has 0 rings (SSSR count). The normalized spacial score (nSPS) is 13.4. The van der Waals surface area contributed by atoms with Crippen molar-refractivity contribution in [3.8, 4) is 0 Å². The van der Waals surface area contributed by atoms with Gasteiger partial charge >= 0.3 is 19.8 Å². The number of esters is 2. The van der Waals surface area contributed by atoms with E-state index in [1.807, 2.05) is 0 Å². The molecule has 83 heavy (non-hydrogen) atoms. The molecule has 2 atom stereocenters. The lowest BCUT2D eigenvalue weighted by molar-refractivity contribution is -0.161. The van der Waals surface area contributed by atoms with Gasteiger partial charge in [-0.2, -0.15) is 0 Å². The van der Waals surface area contributed by atoms with Gasteiger partial charge in [-0.3, -0.25) is 18.6 Å². The summed E-state index contributed by atoms with van der Waals surface area (Å²) in [4.78, 5) is 35.3. The Labute approximate surface area is 513 Å². The fraction of sp³-hybridized carbons (Fsp3) is 0.781. The van der Waals surface area contributed by atoms with Gasteiger partial charge in [-0.25, -0.2) is 4.57 Å². The number of hydrogen-bond acceptors (Lipinski definition) is 8. The second-order valence-corrected chi connectivity index (χ2v) is 24.8. The summed E-state index contributed by atoms with van der Waals surface area (Å²) in [5.74, 6) is -0.819. The summed E-state index contributed by atoms with van der Waals surface area (Å²) in [5, 5.41) is 0. The molecule has 0 radical (unpaired) electrons.